The van der Waals surface area contributed by atoms with E-state index in [1.807, 2.05) is 13.0 Å². The number of aromatic nitrogens is 1. The molecule has 4 nitrogen and oxygen atoms in total. The molecule has 0 bridgehead atoms. The first-order valence-electron chi connectivity index (χ1n) is 6.93. The molecule has 0 spiro atoms. The van der Waals surface area contributed by atoms with Crippen LogP contribution in [0.15, 0.2) is 30.5 Å². The molecule has 0 radical (unpaired) electrons. The van der Waals surface area contributed by atoms with Crippen molar-refractivity contribution >= 4 is 11.5 Å². The number of benzene rings is 1. The van der Waals surface area contributed by atoms with E-state index < -0.39 is 0 Å². The number of ether oxygens (including phenoxy) is 1. The van der Waals surface area contributed by atoms with Crippen molar-refractivity contribution in [2.24, 2.45) is 0 Å². The summed E-state index contributed by atoms with van der Waals surface area (Å²) in [5.74, 6) is 1.95. The second-order valence-electron chi connectivity index (χ2n) is 5.15. The summed E-state index contributed by atoms with van der Waals surface area (Å²) >= 11 is 0. The zero-order valence-corrected chi connectivity index (χ0v) is 11.6. The topological polar surface area (TPSA) is 60.2 Å². The minimum absolute atomic E-state index is 0.701. The fraction of sp³-hybridized carbons (Fsp3) is 0.312. The standard InChI is InChI=1S/C16H19N3O/c1-11-8-14(17)10-19-16(11)18-6-4-12-2-3-15-13(9-12)5-7-20-15/h2-3,8-10H,4-7,17H2,1H3,(H,18,19). The Morgan fingerprint density at radius 3 is 3.10 bits per heavy atom. The summed E-state index contributed by atoms with van der Waals surface area (Å²) in [4.78, 5) is 4.31. The summed E-state index contributed by atoms with van der Waals surface area (Å²) in [6.07, 6.45) is 3.68. The highest BCUT2D eigenvalue weighted by atomic mass is 16.5. The Kier molecular flexibility index (Phi) is 3.46. The van der Waals surface area contributed by atoms with E-state index in [0.29, 0.717) is 5.69 Å². The van der Waals surface area contributed by atoms with Gasteiger partial charge in [-0.1, -0.05) is 12.1 Å². The van der Waals surface area contributed by atoms with E-state index in [-0.39, 0.29) is 0 Å². The van der Waals surface area contributed by atoms with Crippen molar-refractivity contribution in [3.63, 3.8) is 0 Å². The fourth-order valence-corrected chi connectivity index (χ4v) is 2.50. The van der Waals surface area contributed by atoms with Crippen LogP contribution in [0.25, 0.3) is 0 Å². The van der Waals surface area contributed by atoms with Crippen molar-refractivity contribution in [1.29, 1.82) is 0 Å². The van der Waals surface area contributed by atoms with Crippen LogP contribution in [0.2, 0.25) is 0 Å². The van der Waals surface area contributed by atoms with Crippen molar-refractivity contribution < 1.29 is 4.74 Å². The zero-order chi connectivity index (χ0) is 13.9. The van der Waals surface area contributed by atoms with Gasteiger partial charge in [-0.05, 0) is 42.2 Å². The maximum absolute atomic E-state index is 5.70. The molecule has 1 aliphatic heterocycles. The average Bonchev–Trinajstić information content (AvgIpc) is 2.89. The van der Waals surface area contributed by atoms with Crippen molar-refractivity contribution in [2.75, 3.05) is 24.2 Å². The second-order valence-corrected chi connectivity index (χ2v) is 5.15. The summed E-state index contributed by atoms with van der Waals surface area (Å²) in [6.45, 7) is 3.68. The van der Waals surface area contributed by atoms with Crippen LogP contribution in [0.5, 0.6) is 5.75 Å². The fourth-order valence-electron chi connectivity index (χ4n) is 2.50. The van der Waals surface area contributed by atoms with Crippen LogP contribution in [0, 0.1) is 6.92 Å². The van der Waals surface area contributed by atoms with Crippen molar-refractivity contribution in [2.45, 2.75) is 19.8 Å². The van der Waals surface area contributed by atoms with Crippen LogP contribution in [-0.4, -0.2) is 18.1 Å². The quantitative estimate of drug-likeness (QED) is 0.895. The lowest BCUT2D eigenvalue weighted by molar-refractivity contribution is 0.357. The van der Waals surface area contributed by atoms with Gasteiger partial charge in [0.05, 0.1) is 18.5 Å². The summed E-state index contributed by atoms with van der Waals surface area (Å²) in [5, 5.41) is 3.36. The lowest BCUT2D eigenvalue weighted by atomic mass is 10.1. The number of anilines is 2. The predicted molar refractivity (Wildman–Crippen MR) is 81.2 cm³/mol. The Morgan fingerprint density at radius 2 is 2.25 bits per heavy atom. The monoisotopic (exact) mass is 269 g/mol. The molecule has 0 aliphatic carbocycles. The van der Waals surface area contributed by atoms with E-state index in [4.69, 9.17) is 10.5 Å². The normalized spacial score (nSPS) is 12.8. The molecule has 0 atom stereocenters. The van der Waals surface area contributed by atoms with Gasteiger partial charge in [-0.25, -0.2) is 4.98 Å². The maximum atomic E-state index is 5.70. The van der Waals surface area contributed by atoms with Gasteiger partial charge in [0.2, 0.25) is 0 Å². The van der Waals surface area contributed by atoms with Gasteiger partial charge in [-0.15, -0.1) is 0 Å². The highest BCUT2D eigenvalue weighted by molar-refractivity contribution is 5.50. The number of rotatable bonds is 4. The molecule has 0 fully saturated rings. The third-order valence-electron chi connectivity index (χ3n) is 3.56. The van der Waals surface area contributed by atoms with Crippen LogP contribution < -0.4 is 15.8 Å². The smallest absolute Gasteiger partial charge is 0.129 e. The average molecular weight is 269 g/mol. The van der Waals surface area contributed by atoms with Crippen LogP contribution >= 0.6 is 0 Å². The van der Waals surface area contributed by atoms with E-state index in [1.54, 1.807) is 6.20 Å². The third kappa shape index (κ3) is 2.69. The Balaban J connectivity index is 1.60. The van der Waals surface area contributed by atoms with E-state index in [2.05, 4.69) is 28.5 Å². The van der Waals surface area contributed by atoms with Gasteiger partial charge in [0.15, 0.2) is 0 Å². The molecule has 0 saturated heterocycles. The minimum Gasteiger partial charge on any atom is -0.493 e. The molecule has 0 unspecified atom stereocenters. The van der Waals surface area contributed by atoms with Gasteiger partial charge in [0.25, 0.3) is 0 Å². The zero-order valence-electron chi connectivity index (χ0n) is 11.6. The number of pyridine rings is 1. The molecule has 1 aromatic carbocycles. The molecular formula is C16H19N3O. The van der Waals surface area contributed by atoms with Crippen molar-refractivity contribution in [1.82, 2.24) is 4.98 Å². The van der Waals surface area contributed by atoms with E-state index >= 15 is 0 Å². The first kappa shape index (κ1) is 12.8. The summed E-state index contributed by atoms with van der Waals surface area (Å²) < 4.78 is 5.52. The molecule has 20 heavy (non-hydrogen) atoms. The number of nitrogens with one attached hydrogen (secondary N) is 1. The van der Waals surface area contributed by atoms with Gasteiger partial charge in [-0.2, -0.15) is 0 Å². The molecule has 3 rings (SSSR count). The van der Waals surface area contributed by atoms with Gasteiger partial charge < -0.3 is 15.8 Å². The van der Waals surface area contributed by atoms with Crippen molar-refractivity contribution in [3.05, 3.63) is 47.2 Å². The first-order valence-corrected chi connectivity index (χ1v) is 6.93. The van der Waals surface area contributed by atoms with Gasteiger partial charge in [0, 0.05) is 13.0 Å². The number of hydrogen-bond acceptors (Lipinski definition) is 4. The highest BCUT2D eigenvalue weighted by Gasteiger charge is 2.11. The Morgan fingerprint density at radius 1 is 1.35 bits per heavy atom. The largest absolute Gasteiger partial charge is 0.493 e. The molecule has 3 N–H and O–H groups in total. The molecule has 104 valence electrons. The highest BCUT2D eigenvalue weighted by Crippen LogP contribution is 2.26. The summed E-state index contributed by atoms with van der Waals surface area (Å²) in [5.41, 5.74) is 10.1. The lowest BCUT2D eigenvalue weighted by Gasteiger charge is -2.09. The van der Waals surface area contributed by atoms with E-state index in [0.717, 1.165) is 43.1 Å². The number of nitrogens with zero attached hydrogens (tertiary/aromatic N) is 1. The number of fused-ring (bicyclic) bond motifs is 1. The van der Waals surface area contributed by atoms with Gasteiger partial charge in [-0.3, -0.25) is 0 Å². The maximum Gasteiger partial charge on any atom is 0.129 e. The SMILES string of the molecule is Cc1cc(N)cnc1NCCc1ccc2c(c1)CCO2. The third-order valence-corrected chi connectivity index (χ3v) is 3.56. The Labute approximate surface area is 119 Å². The predicted octanol–water partition coefficient (Wildman–Crippen LogP) is 2.56. The minimum atomic E-state index is 0.701. The number of aryl methyl sites for hydroxylation is 1. The first-order chi connectivity index (χ1) is 9.72. The number of nitrogen functional groups attached to an aromatic ring is 1. The molecule has 2 heterocycles. The van der Waals surface area contributed by atoms with Crippen LogP contribution in [-0.2, 0) is 12.8 Å². The molecule has 4 heteroatoms. The second kappa shape index (κ2) is 5.41. The van der Waals surface area contributed by atoms with Crippen molar-refractivity contribution in [3.8, 4) is 5.75 Å². The van der Waals surface area contributed by atoms with E-state index in [9.17, 15) is 0 Å². The molecule has 1 aromatic heterocycles. The number of hydrogen-bond donors (Lipinski definition) is 2. The Bertz CT molecular complexity index is 625. The van der Waals surface area contributed by atoms with Crippen LogP contribution in [0.3, 0.4) is 0 Å². The summed E-state index contributed by atoms with van der Waals surface area (Å²) in [6, 6.07) is 8.38. The van der Waals surface area contributed by atoms with Crippen LogP contribution in [0.4, 0.5) is 11.5 Å². The number of nitrogens with two attached hydrogens (primary N) is 1. The molecule has 2 aromatic rings. The van der Waals surface area contributed by atoms with E-state index in [1.165, 1.54) is 11.1 Å². The van der Waals surface area contributed by atoms with Crippen LogP contribution in [0.1, 0.15) is 16.7 Å². The lowest BCUT2D eigenvalue weighted by Crippen LogP contribution is -2.08. The van der Waals surface area contributed by atoms with Gasteiger partial charge in [0.1, 0.15) is 11.6 Å². The molecule has 0 amide bonds. The molecule has 0 saturated carbocycles. The Hall–Kier alpha value is -2.23. The summed E-state index contributed by atoms with van der Waals surface area (Å²) in [7, 11) is 0. The molecule has 1 aliphatic rings. The molecular weight excluding hydrogens is 250 g/mol. The van der Waals surface area contributed by atoms with Gasteiger partial charge >= 0.3 is 0 Å².